The van der Waals surface area contributed by atoms with Crippen molar-refractivity contribution >= 4 is 28.8 Å². The summed E-state index contributed by atoms with van der Waals surface area (Å²) in [6.07, 6.45) is 7.38. The van der Waals surface area contributed by atoms with E-state index in [1.807, 2.05) is 6.07 Å². The molecule has 0 aliphatic carbocycles. The molecule has 0 saturated carbocycles. The third-order valence-corrected chi connectivity index (χ3v) is 4.28. The Morgan fingerprint density at radius 1 is 1.19 bits per heavy atom. The van der Waals surface area contributed by atoms with Crippen molar-refractivity contribution in [2.45, 2.75) is 45.4 Å². The number of pyridine rings is 1. The third kappa shape index (κ3) is 4.61. The lowest BCUT2D eigenvalue weighted by Gasteiger charge is -2.08. The van der Waals surface area contributed by atoms with Gasteiger partial charge in [-0.15, -0.1) is 0 Å². The summed E-state index contributed by atoms with van der Waals surface area (Å²) in [4.78, 5) is 20.7. The van der Waals surface area contributed by atoms with E-state index in [1.54, 1.807) is 30.5 Å². The fraction of sp³-hybridized carbons (Fsp3) is 0.350. The molecule has 5 nitrogen and oxygen atoms in total. The Balaban J connectivity index is 1.74. The predicted octanol–water partition coefficient (Wildman–Crippen LogP) is 5.81. The van der Waals surface area contributed by atoms with Gasteiger partial charge in [0.1, 0.15) is 11.3 Å². The van der Waals surface area contributed by atoms with Gasteiger partial charge < -0.3 is 9.15 Å². The van der Waals surface area contributed by atoms with Crippen molar-refractivity contribution in [2.75, 3.05) is 0 Å². The zero-order chi connectivity index (χ0) is 18.4. The Bertz CT molecular complexity index is 859. The second kappa shape index (κ2) is 8.81. The minimum Gasteiger partial charge on any atom is -0.426 e. The SMILES string of the molecule is CCCCCCCC(=O)Oc1cc(Cl)ccc1-c1nc2cccnc2o1. The molecule has 0 N–H and O–H groups in total. The van der Waals surface area contributed by atoms with Gasteiger partial charge in [0.05, 0.1) is 5.56 Å². The molecule has 136 valence electrons. The van der Waals surface area contributed by atoms with Gasteiger partial charge in [-0.05, 0) is 30.7 Å². The lowest BCUT2D eigenvalue weighted by Crippen LogP contribution is -2.08. The molecule has 0 saturated heterocycles. The van der Waals surface area contributed by atoms with Crippen LogP contribution in [0.5, 0.6) is 5.75 Å². The molecule has 2 aromatic heterocycles. The topological polar surface area (TPSA) is 65.2 Å². The normalized spacial score (nSPS) is 11.0. The number of hydrogen-bond donors (Lipinski definition) is 0. The standard InChI is InChI=1S/C20H21ClN2O3/c1-2-3-4-5-6-9-18(24)25-17-13-14(21)10-11-15(17)19-23-16-8-7-12-22-20(16)26-19/h7-8,10-13H,2-6,9H2,1H3. The van der Waals surface area contributed by atoms with Gasteiger partial charge in [-0.1, -0.05) is 44.2 Å². The lowest BCUT2D eigenvalue weighted by molar-refractivity contribution is -0.134. The van der Waals surface area contributed by atoms with Crippen molar-refractivity contribution in [3.63, 3.8) is 0 Å². The number of fused-ring (bicyclic) bond motifs is 1. The number of hydrogen-bond acceptors (Lipinski definition) is 5. The molecule has 3 aromatic rings. The van der Waals surface area contributed by atoms with Gasteiger partial charge in [-0.2, -0.15) is 0 Å². The second-order valence-electron chi connectivity index (χ2n) is 6.13. The molecule has 0 spiro atoms. The Kier molecular flexibility index (Phi) is 6.23. The van der Waals surface area contributed by atoms with E-state index in [0.29, 0.717) is 39.9 Å². The van der Waals surface area contributed by atoms with Gasteiger partial charge in [0.2, 0.25) is 11.6 Å². The smallest absolute Gasteiger partial charge is 0.311 e. The van der Waals surface area contributed by atoms with E-state index < -0.39 is 0 Å². The molecule has 0 radical (unpaired) electrons. The summed E-state index contributed by atoms with van der Waals surface area (Å²) in [5.41, 5.74) is 1.66. The van der Waals surface area contributed by atoms with Crippen molar-refractivity contribution in [2.24, 2.45) is 0 Å². The van der Waals surface area contributed by atoms with Gasteiger partial charge in [-0.3, -0.25) is 4.79 Å². The van der Waals surface area contributed by atoms with E-state index in [2.05, 4.69) is 16.9 Å². The Morgan fingerprint density at radius 3 is 2.85 bits per heavy atom. The highest BCUT2D eigenvalue weighted by atomic mass is 35.5. The number of unbranched alkanes of at least 4 members (excludes halogenated alkanes) is 4. The molecule has 6 heteroatoms. The maximum absolute atomic E-state index is 12.2. The van der Waals surface area contributed by atoms with Crippen molar-refractivity contribution in [3.05, 3.63) is 41.6 Å². The summed E-state index contributed by atoms with van der Waals surface area (Å²) in [6, 6.07) is 8.65. The molecule has 0 unspecified atom stereocenters. The lowest BCUT2D eigenvalue weighted by atomic mass is 10.1. The Hall–Kier alpha value is -2.40. The number of oxazole rings is 1. The number of carbonyl (C=O) groups is 1. The Morgan fingerprint density at radius 2 is 2.04 bits per heavy atom. The number of halogens is 1. The van der Waals surface area contributed by atoms with Gasteiger partial charge in [0.15, 0.2) is 0 Å². The van der Waals surface area contributed by atoms with Crippen molar-refractivity contribution in [1.29, 1.82) is 0 Å². The maximum atomic E-state index is 12.2. The number of esters is 1. The van der Waals surface area contributed by atoms with E-state index in [1.165, 1.54) is 12.8 Å². The zero-order valence-electron chi connectivity index (χ0n) is 14.7. The van der Waals surface area contributed by atoms with E-state index in [-0.39, 0.29) is 5.97 Å². The average molecular weight is 373 g/mol. The van der Waals surface area contributed by atoms with E-state index in [0.717, 1.165) is 19.3 Å². The minimum absolute atomic E-state index is 0.278. The molecule has 3 rings (SSSR count). The highest BCUT2D eigenvalue weighted by Gasteiger charge is 2.17. The number of rotatable bonds is 8. The predicted molar refractivity (Wildman–Crippen MR) is 101 cm³/mol. The van der Waals surface area contributed by atoms with Crippen LogP contribution in [-0.2, 0) is 4.79 Å². The van der Waals surface area contributed by atoms with Crippen LogP contribution in [0, 0.1) is 0 Å². The van der Waals surface area contributed by atoms with Crippen molar-refractivity contribution in [3.8, 4) is 17.2 Å². The highest BCUT2D eigenvalue weighted by Crippen LogP contribution is 2.33. The molecule has 1 aromatic carbocycles. The number of ether oxygens (including phenoxy) is 1. The zero-order valence-corrected chi connectivity index (χ0v) is 15.5. The number of aromatic nitrogens is 2. The molecule has 0 fully saturated rings. The van der Waals surface area contributed by atoms with Crippen LogP contribution in [0.25, 0.3) is 22.7 Å². The van der Waals surface area contributed by atoms with Crippen LogP contribution in [-0.4, -0.2) is 15.9 Å². The summed E-state index contributed by atoms with van der Waals surface area (Å²) in [5.74, 6) is 0.419. The monoisotopic (exact) mass is 372 g/mol. The Labute approximate surface area is 157 Å². The van der Waals surface area contributed by atoms with Gasteiger partial charge >= 0.3 is 5.97 Å². The molecular weight excluding hydrogens is 352 g/mol. The van der Waals surface area contributed by atoms with Gasteiger partial charge in [0, 0.05) is 23.7 Å². The van der Waals surface area contributed by atoms with Crippen LogP contribution in [0.4, 0.5) is 0 Å². The van der Waals surface area contributed by atoms with Crippen molar-refractivity contribution < 1.29 is 13.9 Å². The summed E-state index contributed by atoms with van der Waals surface area (Å²) < 4.78 is 11.2. The minimum atomic E-state index is -0.278. The van der Waals surface area contributed by atoms with E-state index in [4.69, 9.17) is 20.8 Å². The molecule has 26 heavy (non-hydrogen) atoms. The molecule has 0 atom stereocenters. The third-order valence-electron chi connectivity index (χ3n) is 4.05. The fourth-order valence-electron chi connectivity index (χ4n) is 2.69. The quantitative estimate of drug-likeness (QED) is 0.283. The van der Waals surface area contributed by atoms with Crippen LogP contribution in [0.15, 0.2) is 40.9 Å². The van der Waals surface area contributed by atoms with Crippen LogP contribution < -0.4 is 4.74 Å². The molecule has 2 heterocycles. The van der Waals surface area contributed by atoms with Crippen LogP contribution in [0.1, 0.15) is 45.4 Å². The summed E-state index contributed by atoms with van der Waals surface area (Å²) in [7, 11) is 0. The van der Waals surface area contributed by atoms with E-state index in [9.17, 15) is 4.79 Å². The first-order chi connectivity index (χ1) is 12.7. The highest BCUT2D eigenvalue weighted by molar-refractivity contribution is 6.30. The van der Waals surface area contributed by atoms with Gasteiger partial charge in [0.25, 0.3) is 0 Å². The first-order valence-corrected chi connectivity index (χ1v) is 9.27. The average Bonchev–Trinajstić information content (AvgIpc) is 3.05. The van der Waals surface area contributed by atoms with Crippen molar-refractivity contribution in [1.82, 2.24) is 9.97 Å². The summed E-state index contributed by atoms with van der Waals surface area (Å²) >= 11 is 6.07. The largest absolute Gasteiger partial charge is 0.426 e. The fourth-order valence-corrected chi connectivity index (χ4v) is 2.85. The van der Waals surface area contributed by atoms with Crippen LogP contribution in [0.2, 0.25) is 5.02 Å². The number of nitrogens with zero attached hydrogens (tertiary/aromatic N) is 2. The maximum Gasteiger partial charge on any atom is 0.311 e. The van der Waals surface area contributed by atoms with Crippen LogP contribution in [0.3, 0.4) is 0 Å². The first kappa shape index (κ1) is 18.4. The van der Waals surface area contributed by atoms with Crippen LogP contribution >= 0.6 is 11.6 Å². The first-order valence-electron chi connectivity index (χ1n) is 8.89. The number of benzene rings is 1. The summed E-state index contributed by atoms with van der Waals surface area (Å²) in [5, 5.41) is 0.480. The molecule has 0 aliphatic heterocycles. The second-order valence-corrected chi connectivity index (χ2v) is 6.56. The van der Waals surface area contributed by atoms with E-state index >= 15 is 0 Å². The molecule has 0 bridgehead atoms. The molecule has 0 aliphatic rings. The molecule has 0 amide bonds. The van der Waals surface area contributed by atoms with Gasteiger partial charge in [-0.25, -0.2) is 9.97 Å². The number of carbonyl (C=O) groups excluding carboxylic acids is 1. The summed E-state index contributed by atoms with van der Waals surface area (Å²) in [6.45, 7) is 2.16. The molecular formula is C20H21ClN2O3.